The van der Waals surface area contributed by atoms with Gasteiger partial charge in [0.05, 0.1) is 6.10 Å². The Hall–Kier alpha value is -0.900. The summed E-state index contributed by atoms with van der Waals surface area (Å²) in [6.45, 7) is 4.60. The maximum Gasteiger partial charge on any atom is 0.106 e. The smallest absolute Gasteiger partial charge is 0.106 e. The molecule has 0 amide bonds. The minimum absolute atomic E-state index is 0.382. The zero-order chi connectivity index (χ0) is 12.1. The first-order valence-electron chi connectivity index (χ1n) is 5.66. The molecular formula is C13H21NO2. The Morgan fingerprint density at radius 3 is 2.38 bits per heavy atom. The molecule has 0 spiro atoms. The van der Waals surface area contributed by atoms with Crippen molar-refractivity contribution in [2.45, 2.75) is 32.0 Å². The van der Waals surface area contributed by atoms with Crippen molar-refractivity contribution in [2.75, 3.05) is 13.6 Å². The van der Waals surface area contributed by atoms with E-state index in [-0.39, 0.29) is 0 Å². The van der Waals surface area contributed by atoms with Crippen LogP contribution in [0.25, 0.3) is 0 Å². The van der Waals surface area contributed by atoms with E-state index in [1.54, 1.807) is 7.05 Å². The molecule has 0 heterocycles. The number of nitrogens with one attached hydrogen (secondary N) is 1. The third kappa shape index (κ3) is 3.30. The zero-order valence-corrected chi connectivity index (χ0v) is 10.1. The molecule has 0 saturated carbocycles. The molecule has 0 bridgehead atoms. The van der Waals surface area contributed by atoms with Crippen molar-refractivity contribution in [3.63, 3.8) is 0 Å². The third-order valence-electron chi connectivity index (χ3n) is 2.70. The molecule has 1 aromatic rings. The first-order valence-corrected chi connectivity index (χ1v) is 5.66. The number of rotatable bonds is 5. The van der Waals surface area contributed by atoms with E-state index in [4.69, 9.17) is 0 Å². The van der Waals surface area contributed by atoms with E-state index in [9.17, 15) is 10.2 Å². The molecule has 1 rings (SSSR count). The minimum Gasteiger partial charge on any atom is -0.389 e. The first-order chi connectivity index (χ1) is 7.56. The van der Waals surface area contributed by atoms with Crippen molar-refractivity contribution in [1.82, 2.24) is 5.32 Å². The standard InChI is InChI=1S/C13H21NO2/c1-9(2)10-5-4-6-11(7-10)13(16)12(15)8-14-3/h4-7,9,12-16H,8H2,1-3H3. The Morgan fingerprint density at radius 2 is 1.81 bits per heavy atom. The van der Waals surface area contributed by atoms with E-state index < -0.39 is 12.2 Å². The summed E-state index contributed by atoms with van der Waals surface area (Å²) in [7, 11) is 1.75. The van der Waals surface area contributed by atoms with Gasteiger partial charge in [-0.15, -0.1) is 0 Å². The van der Waals surface area contributed by atoms with E-state index in [2.05, 4.69) is 19.2 Å². The van der Waals surface area contributed by atoms with Crippen LogP contribution in [0.1, 0.15) is 37.0 Å². The van der Waals surface area contributed by atoms with Gasteiger partial charge in [0.25, 0.3) is 0 Å². The predicted molar refractivity (Wildman–Crippen MR) is 65.4 cm³/mol. The van der Waals surface area contributed by atoms with Crippen LogP contribution < -0.4 is 5.32 Å². The zero-order valence-electron chi connectivity index (χ0n) is 10.1. The van der Waals surface area contributed by atoms with Crippen molar-refractivity contribution in [1.29, 1.82) is 0 Å². The molecule has 3 N–H and O–H groups in total. The molecular weight excluding hydrogens is 202 g/mol. The lowest BCUT2D eigenvalue weighted by molar-refractivity contribution is 0.0202. The van der Waals surface area contributed by atoms with Gasteiger partial charge in [0.2, 0.25) is 0 Å². The van der Waals surface area contributed by atoms with Crippen LogP contribution in [-0.4, -0.2) is 29.9 Å². The average Bonchev–Trinajstić information content (AvgIpc) is 2.28. The van der Waals surface area contributed by atoms with E-state index in [1.165, 1.54) is 5.56 Å². The highest BCUT2D eigenvalue weighted by atomic mass is 16.3. The molecule has 0 aliphatic carbocycles. The van der Waals surface area contributed by atoms with Crippen LogP contribution >= 0.6 is 0 Å². The Morgan fingerprint density at radius 1 is 1.19 bits per heavy atom. The highest BCUT2D eigenvalue weighted by molar-refractivity contribution is 5.27. The fourth-order valence-electron chi connectivity index (χ4n) is 1.65. The summed E-state index contributed by atoms with van der Waals surface area (Å²) in [5, 5.41) is 22.5. The van der Waals surface area contributed by atoms with E-state index in [0.29, 0.717) is 12.5 Å². The first kappa shape index (κ1) is 13.2. The molecule has 3 nitrogen and oxygen atoms in total. The molecule has 0 radical (unpaired) electrons. The summed E-state index contributed by atoms with van der Waals surface area (Å²) >= 11 is 0. The molecule has 2 unspecified atom stereocenters. The summed E-state index contributed by atoms with van der Waals surface area (Å²) in [6, 6.07) is 7.74. The monoisotopic (exact) mass is 223 g/mol. The number of likely N-dealkylation sites (N-methyl/N-ethyl adjacent to an activating group) is 1. The molecule has 0 fully saturated rings. The van der Waals surface area contributed by atoms with Gasteiger partial charge in [0.15, 0.2) is 0 Å². The Bertz CT molecular complexity index is 325. The van der Waals surface area contributed by atoms with Crippen molar-refractivity contribution in [2.24, 2.45) is 0 Å². The normalized spacial score (nSPS) is 15.1. The van der Waals surface area contributed by atoms with Gasteiger partial charge in [0, 0.05) is 6.54 Å². The summed E-state index contributed by atoms with van der Waals surface area (Å²) in [5.74, 6) is 0.425. The molecule has 0 aliphatic heterocycles. The molecule has 16 heavy (non-hydrogen) atoms. The van der Waals surface area contributed by atoms with Gasteiger partial charge in [-0.3, -0.25) is 0 Å². The lowest BCUT2D eigenvalue weighted by Gasteiger charge is -2.19. The second kappa shape index (κ2) is 5.99. The number of aliphatic hydroxyl groups excluding tert-OH is 2. The topological polar surface area (TPSA) is 52.5 Å². The number of aliphatic hydroxyl groups is 2. The van der Waals surface area contributed by atoms with E-state index >= 15 is 0 Å². The van der Waals surface area contributed by atoms with Crippen molar-refractivity contribution in [3.05, 3.63) is 35.4 Å². The van der Waals surface area contributed by atoms with Crippen LogP contribution in [0.4, 0.5) is 0 Å². The van der Waals surface area contributed by atoms with Crippen LogP contribution in [0.2, 0.25) is 0 Å². The molecule has 0 aromatic heterocycles. The number of hydrogen-bond acceptors (Lipinski definition) is 3. The Labute approximate surface area is 97.1 Å². The molecule has 1 aromatic carbocycles. The van der Waals surface area contributed by atoms with E-state index in [0.717, 1.165) is 5.56 Å². The maximum absolute atomic E-state index is 9.94. The van der Waals surface area contributed by atoms with Crippen LogP contribution in [0.15, 0.2) is 24.3 Å². The van der Waals surface area contributed by atoms with Crippen LogP contribution in [-0.2, 0) is 0 Å². The Kier molecular flexibility index (Phi) is 4.93. The van der Waals surface area contributed by atoms with Crippen LogP contribution in [0.5, 0.6) is 0 Å². The highest BCUT2D eigenvalue weighted by Crippen LogP contribution is 2.21. The number of hydrogen-bond donors (Lipinski definition) is 3. The summed E-state index contributed by atoms with van der Waals surface area (Å²) in [5.41, 5.74) is 1.95. The van der Waals surface area contributed by atoms with Gasteiger partial charge in [-0.1, -0.05) is 38.1 Å². The van der Waals surface area contributed by atoms with Gasteiger partial charge in [0.1, 0.15) is 6.10 Å². The molecule has 0 aliphatic rings. The SMILES string of the molecule is CNCC(O)C(O)c1cccc(C(C)C)c1. The quantitative estimate of drug-likeness (QED) is 0.707. The Balaban J connectivity index is 2.82. The van der Waals surface area contributed by atoms with Crippen molar-refractivity contribution >= 4 is 0 Å². The molecule has 0 saturated heterocycles. The second-order valence-corrected chi connectivity index (χ2v) is 4.39. The summed E-state index contributed by atoms with van der Waals surface area (Å²) < 4.78 is 0. The molecule has 2 atom stereocenters. The minimum atomic E-state index is -0.828. The molecule has 90 valence electrons. The molecule has 3 heteroatoms. The lowest BCUT2D eigenvalue weighted by atomic mass is 9.97. The van der Waals surface area contributed by atoms with E-state index in [1.807, 2.05) is 24.3 Å². The summed E-state index contributed by atoms with van der Waals surface area (Å²) in [4.78, 5) is 0. The van der Waals surface area contributed by atoms with Gasteiger partial charge < -0.3 is 15.5 Å². The summed E-state index contributed by atoms with van der Waals surface area (Å²) in [6.07, 6.45) is -1.60. The van der Waals surface area contributed by atoms with Crippen molar-refractivity contribution < 1.29 is 10.2 Å². The fraction of sp³-hybridized carbons (Fsp3) is 0.538. The maximum atomic E-state index is 9.94. The second-order valence-electron chi connectivity index (χ2n) is 4.39. The number of benzene rings is 1. The van der Waals surface area contributed by atoms with Gasteiger partial charge in [-0.25, -0.2) is 0 Å². The van der Waals surface area contributed by atoms with Gasteiger partial charge >= 0.3 is 0 Å². The van der Waals surface area contributed by atoms with Crippen molar-refractivity contribution in [3.8, 4) is 0 Å². The van der Waals surface area contributed by atoms with Gasteiger partial charge in [-0.05, 0) is 24.1 Å². The van der Waals surface area contributed by atoms with Crippen LogP contribution in [0.3, 0.4) is 0 Å². The average molecular weight is 223 g/mol. The van der Waals surface area contributed by atoms with Crippen LogP contribution in [0, 0.1) is 0 Å². The third-order valence-corrected chi connectivity index (χ3v) is 2.70. The predicted octanol–water partition coefficient (Wildman–Crippen LogP) is 1.42. The van der Waals surface area contributed by atoms with Gasteiger partial charge in [-0.2, -0.15) is 0 Å². The fourth-order valence-corrected chi connectivity index (χ4v) is 1.65. The highest BCUT2D eigenvalue weighted by Gasteiger charge is 2.17. The lowest BCUT2D eigenvalue weighted by Crippen LogP contribution is -2.29. The largest absolute Gasteiger partial charge is 0.389 e.